The molecule has 0 atom stereocenters. The molecule has 1 aliphatic carbocycles. The number of ether oxygens (including phenoxy) is 1. The van der Waals surface area contributed by atoms with Crippen LogP contribution in [0.3, 0.4) is 0 Å². The topological polar surface area (TPSA) is 26.3 Å². The molecule has 2 rings (SSSR count). The van der Waals surface area contributed by atoms with E-state index in [2.05, 4.69) is 13.8 Å². The summed E-state index contributed by atoms with van der Waals surface area (Å²) in [4.78, 5) is 12.2. The van der Waals surface area contributed by atoms with Gasteiger partial charge in [0.05, 0.1) is 5.92 Å². The fourth-order valence-corrected chi connectivity index (χ4v) is 3.36. The van der Waals surface area contributed by atoms with Crippen LogP contribution in [0.1, 0.15) is 64.4 Å². The Labute approximate surface area is 133 Å². The minimum atomic E-state index is -0.432. The predicted octanol–water partition coefficient (Wildman–Crippen LogP) is 5.29. The molecule has 22 heavy (non-hydrogen) atoms. The summed E-state index contributed by atoms with van der Waals surface area (Å²) in [7, 11) is 0. The van der Waals surface area contributed by atoms with Gasteiger partial charge in [0.1, 0.15) is 0 Å². The fraction of sp³-hybridized carbons (Fsp3) is 0.632. The van der Waals surface area contributed by atoms with E-state index in [1.807, 2.05) is 6.07 Å². The van der Waals surface area contributed by atoms with Crippen LogP contribution in [0.15, 0.2) is 18.2 Å². The lowest BCUT2D eigenvalue weighted by atomic mass is 9.80. The van der Waals surface area contributed by atoms with Crippen LogP contribution in [0.4, 0.5) is 4.39 Å². The molecule has 1 fully saturated rings. The lowest BCUT2D eigenvalue weighted by Crippen LogP contribution is -2.26. The highest BCUT2D eigenvalue weighted by atomic mass is 19.1. The maximum Gasteiger partial charge on any atom is 0.314 e. The van der Waals surface area contributed by atoms with Crippen molar-refractivity contribution in [3.05, 3.63) is 29.6 Å². The zero-order valence-corrected chi connectivity index (χ0v) is 13.7. The Balaban J connectivity index is 1.89. The number of rotatable bonds is 6. The van der Waals surface area contributed by atoms with Crippen molar-refractivity contribution in [2.24, 2.45) is 11.8 Å². The Hall–Kier alpha value is -1.38. The average Bonchev–Trinajstić information content (AvgIpc) is 2.51. The first-order valence-electron chi connectivity index (χ1n) is 8.64. The lowest BCUT2D eigenvalue weighted by molar-refractivity contribution is -0.140. The molecular weight excluding hydrogens is 279 g/mol. The molecule has 1 saturated carbocycles. The smallest absolute Gasteiger partial charge is 0.314 e. The van der Waals surface area contributed by atoms with Gasteiger partial charge in [0.15, 0.2) is 11.6 Å². The molecule has 0 spiro atoms. The summed E-state index contributed by atoms with van der Waals surface area (Å²) >= 11 is 0. The van der Waals surface area contributed by atoms with Crippen molar-refractivity contribution in [2.75, 3.05) is 0 Å². The fourth-order valence-electron chi connectivity index (χ4n) is 3.36. The van der Waals surface area contributed by atoms with E-state index in [1.54, 1.807) is 6.07 Å². The normalized spacial score (nSPS) is 21.6. The monoisotopic (exact) mass is 306 g/mol. The molecule has 0 amide bonds. The van der Waals surface area contributed by atoms with E-state index in [1.165, 1.54) is 18.9 Å². The van der Waals surface area contributed by atoms with Gasteiger partial charge < -0.3 is 4.74 Å². The first-order chi connectivity index (χ1) is 10.6. The van der Waals surface area contributed by atoms with Crippen molar-refractivity contribution in [2.45, 2.75) is 65.2 Å². The Bertz CT molecular complexity index is 490. The number of hydrogen-bond donors (Lipinski definition) is 0. The molecule has 0 heterocycles. The van der Waals surface area contributed by atoms with E-state index in [0.717, 1.165) is 50.0 Å². The van der Waals surface area contributed by atoms with Crippen molar-refractivity contribution in [3.63, 3.8) is 0 Å². The van der Waals surface area contributed by atoms with Gasteiger partial charge in [-0.25, -0.2) is 4.39 Å². The minimum Gasteiger partial charge on any atom is -0.423 e. The molecule has 1 aromatic carbocycles. The van der Waals surface area contributed by atoms with Gasteiger partial charge in [0.2, 0.25) is 0 Å². The number of hydrogen-bond acceptors (Lipinski definition) is 2. The van der Waals surface area contributed by atoms with E-state index in [9.17, 15) is 9.18 Å². The summed E-state index contributed by atoms with van der Waals surface area (Å²) < 4.78 is 19.3. The maximum atomic E-state index is 14.0. The molecule has 0 aliphatic heterocycles. The molecule has 0 radical (unpaired) electrons. The molecule has 3 heteroatoms. The summed E-state index contributed by atoms with van der Waals surface area (Å²) in [5.41, 5.74) is 0.944. The van der Waals surface area contributed by atoms with Gasteiger partial charge in [-0.2, -0.15) is 0 Å². The highest BCUT2D eigenvalue weighted by molar-refractivity contribution is 5.75. The third kappa shape index (κ3) is 4.56. The maximum absolute atomic E-state index is 14.0. The van der Waals surface area contributed by atoms with Crippen LogP contribution in [0.5, 0.6) is 5.75 Å². The predicted molar refractivity (Wildman–Crippen MR) is 86.4 cm³/mol. The van der Waals surface area contributed by atoms with Gasteiger partial charge in [0.25, 0.3) is 0 Å². The van der Waals surface area contributed by atoms with Crippen molar-refractivity contribution >= 4 is 5.97 Å². The summed E-state index contributed by atoms with van der Waals surface area (Å²) in [6, 6.07) is 4.90. The van der Waals surface area contributed by atoms with E-state index in [0.29, 0.717) is 0 Å². The van der Waals surface area contributed by atoms with Crippen LogP contribution in [0, 0.1) is 17.7 Å². The molecule has 0 aromatic heterocycles. The van der Waals surface area contributed by atoms with E-state index in [4.69, 9.17) is 4.74 Å². The summed E-state index contributed by atoms with van der Waals surface area (Å²) in [6.07, 6.45) is 8.19. The van der Waals surface area contributed by atoms with Gasteiger partial charge in [0, 0.05) is 0 Å². The first-order valence-corrected chi connectivity index (χ1v) is 8.64. The quantitative estimate of drug-likeness (QED) is 0.527. The molecule has 0 bridgehead atoms. The molecule has 0 saturated heterocycles. The number of halogens is 1. The SMILES string of the molecule is CCCc1ccc(OC(=O)C2CCC(CCC)CC2)c(F)c1. The van der Waals surface area contributed by atoms with Crippen LogP contribution in [-0.2, 0) is 11.2 Å². The number of aryl methyl sites for hydroxylation is 1. The molecule has 1 aromatic rings. The van der Waals surface area contributed by atoms with Crippen LogP contribution in [-0.4, -0.2) is 5.97 Å². The second-order valence-electron chi connectivity index (χ2n) is 6.44. The Morgan fingerprint density at radius 3 is 2.50 bits per heavy atom. The molecular formula is C19H27FO2. The van der Waals surface area contributed by atoms with Crippen LogP contribution < -0.4 is 4.74 Å². The molecule has 0 unspecified atom stereocenters. The molecule has 0 N–H and O–H groups in total. The molecule has 2 nitrogen and oxygen atoms in total. The lowest BCUT2D eigenvalue weighted by Gasteiger charge is -2.26. The third-order valence-corrected chi connectivity index (χ3v) is 4.62. The van der Waals surface area contributed by atoms with Gasteiger partial charge in [-0.1, -0.05) is 39.2 Å². The van der Waals surface area contributed by atoms with E-state index < -0.39 is 5.82 Å². The van der Waals surface area contributed by atoms with Crippen LogP contribution in [0.25, 0.3) is 0 Å². The average molecular weight is 306 g/mol. The zero-order valence-electron chi connectivity index (χ0n) is 13.7. The van der Waals surface area contributed by atoms with Gasteiger partial charge in [-0.05, 0) is 55.7 Å². The number of carbonyl (C=O) groups is 1. The highest BCUT2D eigenvalue weighted by Crippen LogP contribution is 2.32. The van der Waals surface area contributed by atoms with Gasteiger partial charge >= 0.3 is 5.97 Å². The summed E-state index contributed by atoms with van der Waals surface area (Å²) in [5.74, 6) is 0.0542. The van der Waals surface area contributed by atoms with Crippen LogP contribution >= 0.6 is 0 Å². The second-order valence-corrected chi connectivity index (χ2v) is 6.44. The van der Waals surface area contributed by atoms with E-state index in [-0.39, 0.29) is 17.6 Å². The van der Waals surface area contributed by atoms with Crippen molar-refractivity contribution in [1.29, 1.82) is 0 Å². The van der Waals surface area contributed by atoms with Gasteiger partial charge in [-0.3, -0.25) is 4.79 Å². The van der Waals surface area contributed by atoms with Crippen molar-refractivity contribution in [3.8, 4) is 5.75 Å². The Morgan fingerprint density at radius 2 is 1.91 bits per heavy atom. The Morgan fingerprint density at radius 1 is 1.18 bits per heavy atom. The van der Waals surface area contributed by atoms with Gasteiger partial charge in [-0.15, -0.1) is 0 Å². The molecule has 1 aliphatic rings. The minimum absolute atomic E-state index is 0.0668. The molecule has 122 valence electrons. The standard InChI is InChI=1S/C19H27FO2/c1-3-5-14-7-10-16(11-8-14)19(21)22-18-12-9-15(6-4-2)13-17(18)20/h9,12-14,16H,3-8,10-11H2,1-2H3. The Kier molecular flexibility index (Phi) is 6.41. The second kappa shape index (κ2) is 8.30. The van der Waals surface area contributed by atoms with Crippen molar-refractivity contribution < 1.29 is 13.9 Å². The zero-order chi connectivity index (χ0) is 15.9. The van der Waals surface area contributed by atoms with E-state index >= 15 is 0 Å². The number of benzene rings is 1. The number of carbonyl (C=O) groups excluding carboxylic acids is 1. The summed E-state index contributed by atoms with van der Waals surface area (Å²) in [5, 5.41) is 0. The van der Waals surface area contributed by atoms with Crippen molar-refractivity contribution in [1.82, 2.24) is 0 Å². The third-order valence-electron chi connectivity index (χ3n) is 4.62. The number of esters is 1. The highest BCUT2D eigenvalue weighted by Gasteiger charge is 2.27. The largest absolute Gasteiger partial charge is 0.423 e. The van der Waals surface area contributed by atoms with Crippen LogP contribution in [0.2, 0.25) is 0 Å². The first kappa shape index (κ1) is 17.0. The summed E-state index contributed by atoms with van der Waals surface area (Å²) in [6.45, 7) is 4.26.